The van der Waals surface area contributed by atoms with Gasteiger partial charge in [0.25, 0.3) is 5.56 Å². The van der Waals surface area contributed by atoms with Gasteiger partial charge in [0.2, 0.25) is 5.91 Å². The van der Waals surface area contributed by atoms with Crippen molar-refractivity contribution in [3.63, 3.8) is 0 Å². The van der Waals surface area contributed by atoms with Crippen molar-refractivity contribution in [2.75, 3.05) is 13.6 Å². The molecule has 22 heavy (non-hydrogen) atoms. The van der Waals surface area contributed by atoms with Gasteiger partial charge in [0.15, 0.2) is 0 Å². The lowest BCUT2D eigenvalue weighted by Crippen LogP contribution is -2.35. The molecule has 0 saturated carbocycles. The Morgan fingerprint density at radius 2 is 2.18 bits per heavy atom. The van der Waals surface area contributed by atoms with Crippen LogP contribution in [0.4, 0.5) is 0 Å². The molecule has 1 amide bonds. The summed E-state index contributed by atoms with van der Waals surface area (Å²) in [6.07, 6.45) is 2.07. The zero-order chi connectivity index (χ0) is 16.3. The van der Waals surface area contributed by atoms with Crippen molar-refractivity contribution < 1.29 is 14.7 Å². The lowest BCUT2D eigenvalue weighted by atomic mass is 10.3. The van der Waals surface area contributed by atoms with Crippen molar-refractivity contribution in [2.24, 2.45) is 0 Å². The monoisotopic (exact) mass is 323 g/mol. The minimum Gasteiger partial charge on any atom is -0.481 e. The van der Waals surface area contributed by atoms with Gasteiger partial charge in [-0.3, -0.25) is 19.0 Å². The van der Waals surface area contributed by atoms with Gasteiger partial charge in [-0.15, -0.1) is 11.3 Å². The molecule has 0 atom stereocenters. The number of hydrogen-bond acceptors (Lipinski definition) is 5. The number of fused-ring (bicyclic) bond motifs is 1. The second-order valence-electron chi connectivity index (χ2n) is 4.92. The molecular weight excluding hydrogens is 306 g/mol. The molecule has 0 unspecified atom stereocenters. The average Bonchev–Trinajstić information content (AvgIpc) is 2.91. The van der Waals surface area contributed by atoms with Gasteiger partial charge in [-0.05, 0) is 12.5 Å². The lowest BCUT2D eigenvalue weighted by Gasteiger charge is -2.16. The van der Waals surface area contributed by atoms with Gasteiger partial charge < -0.3 is 10.0 Å². The van der Waals surface area contributed by atoms with Gasteiger partial charge in [0.05, 0.1) is 18.1 Å². The summed E-state index contributed by atoms with van der Waals surface area (Å²) in [4.78, 5) is 42.1. The summed E-state index contributed by atoms with van der Waals surface area (Å²) in [5.41, 5.74) is -0.249. The zero-order valence-corrected chi connectivity index (χ0v) is 13.2. The number of carbonyl (C=O) groups is 2. The number of nitrogens with zero attached hydrogens (tertiary/aromatic N) is 3. The number of carboxylic acids is 1. The Bertz CT molecular complexity index is 765. The summed E-state index contributed by atoms with van der Waals surface area (Å²) in [5.74, 6) is -1.29. The second-order valence-corrected chi connectivity index (χ2v) is 6.04. The smallest absolute Gasteiger partial charge is 0.305 e. The lowest BCUT2D eigenvalue weighted by molar-refractivity contribution is -0.138. The maximum atomic E-state index is 12.3. The van der Waals surface area contributed by atoms with E-state index in [0.717, 1.165) is 11.3 Å². The molecule has 0 saturated heterocycles. The van der Waals surface area contributed by atoms with Crippen LogP contribution >= 0.6 is 11.3 Å². The van der Waals surface area contributed by atoms with E-state index in [9.17, 15) is 14.4 Å². The zero-order valence-electron chi connectivity index (χ0n) is 12.4. The number of carboxylic acid groups (broad SMARTS) is 1. The van der Waals surface area contributed by atoms with E-state index >= 15 is 0 Å². The molecule has 0 aliphatic carbocycles. The minimum atomic E-state index is -0.967. The average molecular weight is 323 g/mol. The predicted molar refractivity (Wildman–Crippen MR) is 83.1 cm³/mol. The molecule has 0 bridgehead atoms. The Labute approximate surface area is 130 Å². The van der Waals surface area contributed by atoms with Crippen LogP contribution in [0.25, 0.3) is 10.2 Å². The normalized spacial score (nSPS) is 10.8. The van der Waals surface area contributed by atoms with Gasteiger partial charge in [-0.1, -0.05) is 6.92 Å². The van der Waals surface area contributed by atoms with Gasteiger partial charge in [0, 0.05) is 18.5 Å². The summed E-state index contributed by atoms with van der Waals surface area (Å²) in [6, 6.07) is 1.81. The van der Waals surface area contributed by atoms with Crippen LogP contribution in [0.15, 0.2) is 17.2 Å². The Balaban J connectivity index is 2.17. The first-order valence-electron chi connectivity index (χ1n) is 6.86. The maximum Gasteiger partial charge on any atom is 0.305 e. The fourth-order valence-electron chi connectivity index (χ4n) is 1.95. The molecule has 2 heterocycles. The first-order chi connectivity index (χ1) is 10.4. The van der Waals surface area contributed by atoms with E-state index in [2.05, 4.69) is 4.98 Å². The fraction of sp³-hybridized carbons (Fsp3) is 0.429. The van der Waals surface area contributed by atoms with Crippen molar-refractivity contribution in [1.29, 1.82) is 0 Å². The second kappa shape index (κ2) is 6.69. The molecule has 1 N–H and O–H groups in total. The summed E-state index contributed by atoms with van der Waals surface area (Å²) in [5, 5.41) is 9.14. The number of rotatable bonds is 6. The van der Waals surface area contributed by atoms with Crippen molar-refractivity contribution in [1.82, 2.24) is 14.5 Å². The van der Waals surface area contributed by atoms with E-state index < -0.39 is 5.97 Å². The highest BCUT2D eigenvalue weighted by atomic mass is 32.1. The molecule has 2 aromatic heterocycles. The van der Waals surface area contributed by atoms with Crippen molar-refractivity contribution in [3.8, 4) is 0 Å². The molecule has 0 aliphatic heterocycles. The number of hydrogen-bond donors (Lipinski definition) is 1. The summed E-state index contributed by atoms with van der Waals surface area (Å²) in [6.45, 7) is 1.97. The van der Waals surface area contributed by atoms with Crippen molar-refractivity contribution >= 4 is 33.4 Å². The predicted octanol–water partition coefficient (Wildman–Crippen LogP) is 0.954. The van der Waals surface area contributed by atoms with Crippen LogP contribution in [0.2, 0.25) is 0 Å². The third kappa shape index (κ3) is 3.51. The maximum absolute atomic E-state index is 12.3. The molecule has 2 rings (SSSR count). The van der Waals surface area contributed by atoms with E-state index in [1.54, 1.807) is 0 Å². The molecule has 0 fully saturated rings. The van der Waals surface area contributed by atoms with Crippen LogP contribution in [0.1, 0.15) is 18.2 Å². The van der Waals surface area contributed by atoms with Gasteiger partial charge >= 0.3 is 5.97 Å². The first kappa shape index (κ1) is 16.2. The molecule has 0 spiro atoms. The molecular formula is C14H17N3O4S. The molecule has 118 valence electrons. The SMILES string of the molecule is CCc1cc2c(=O)n(CC(=O)N(C)CCC(=O)O)cnc2s1. The molecule has 0 aromatic carbocycles. The highest BCUT2D eigenvalue weighted by Crippen LogP contribution is 2.20. The number of aromatic nitrogens is 2. The summed E-state index contributed by atoms with van der Waals surface area (Å²) >= 11 is 1.47. The number of thiophene rings is 1. The van der Waals surface area contributed by atoms with E-state index in [1.165, 1.54) is 34.2 Å². The van der Waals surface area contributed by atoms with E-state index in [-0.39, 0.29) is 31.0 Å². The molecule has 7 nitrogen and oxygen atoms in total. The number of amides is 1. The Morgan fingerprint density at radius 1 is 1.45 bits per heavy atom. The summed E-state index contributed by atoms with van der Waals surface area (Å²) < 4.78 is 1.26. The molecule has 8 heteroatoms. The van der Waals surface area contributed by atoms with Crippen molar-refractivity contribution in [2.45, 2.75) is 26.3 Å². The van der Waals surface area contributed by atoms with Crippen LogP contribution in [0.5, 0.6) is 0 Å². The topological polar surface area (TPSA) is 92.5 Å². The van der Waals surface area contributed by atoms with Crippen LogP contribution in [0.3, 0.4) is 0 Å². The van der Waals surface area contributed by atoms with Crippen LogP contribution in [-0.2, 0) is 22.6 Å². The fourth-order valence-corrected chi connectivity index (χ4v) is 2.88. The first-order valence-corrected chi connectivity index (χ1v) is 7.67. The minimum absolute atomic E-state index is 0.108. The van der Waals surface area contributed by atoms with E-state index in [4.69, 9.17) is 5.11 Å². The highest BCUT2D eigenvalue weighted by molar-refractivity contribution is 7.18. The van der Waals surface area contributed by atoms with Crippen LogP contribution in [-0.4, -0.2) is 45.0 Å². The highest BCUT2D eigenvalue weighted by Gasteiger charge is 2.14. The van der Waals surface area contributed by atoms with E-state index in [0.29, 0.717) is 10.2 Å². The Hall–Kier alpha value is -2.22. The number of aliphatic carboxylic acids is 1. The largest absolute Gasteiger partial charge is 0.481 e. The van der Waals surface area contributed by atoms with Gasteiger partial charge in [-0.2, -0.15) is 0 Å². The van der Waals surface area contributed by atoms with Crippen LogP contribution < -0.4 is 5.56 Å². The standard InChI is InChI=1S/C14H17N3O4S/c1-3-9-6-10-13(22-9)15-8-17(14(10)21)7-11(18)16(2)5-4-12(19)20/h6,8H,3-5,7H2,1-2H3,(H,19,20). The number of aryl methyl sites for hydroxylation is 1. The van der Waals surface area contributed by atoms with Crippen molar-refractivity contribution in [3.05, 3.63) is 27.6 Å². The number of carbonyl (C=O) groups excluding carboxylic acids is 1. The van der Waals surface area contributed by atoms with Crippen LogP contribution in [0, 0.1) is 0 Å². The molecule has 0 aliphatic rings. The van der Waals surface area contributed by atoms with Gasteiger partial charge in [0.1, 0.15) is 11.4 Å². The Kier molecular flexibility index (Phi) is 4.92. The van der Waals surface area contributed by atoms with Gasteiger partial charge in [-0.25, -0.2) is 4.98 Å². The third-order valence-electron chi connectivity index (χ3n) is 3.31. The summed E-state index contributed by atoms with van der Waals surface area (Å²) in [7, 11) is 1.52. The Morgan fingerprint density at radius 3 is 2.82 bits per heavy atom. The third-order valence-corrected chi connectivity index (χ3v) is 4.50. The van der Waals surface area contributed by atoms with E-state index in [1.807, 2.05) is 13.0 Å². The molecule has 2 aromatic rings. The quantitative estimate of drug-likeness (QED) is 0.854. The molecule has 0 radical (unpaired) electrons. The number of likely N-dealkylation sites (N-methyl/N-ethyl adjacent to an activating group) is 1.